The third-order valence-corrected chi connectivity index (χ3v) is 4.94. The highest BCUT2D eigenvalue weighted by atomic mass is 32.2. The zero-order chi connectivity index (χ0) is 20.1. The molecule has 6 N–H and O–H groups in total. The largest absolute Gasteiger partial charge is 0.354 e. The number of carbonyl (C=O) groups is 2. The van der Waals surface area contributed by atoms with Crippen molar-refractivity contribution in [1.82, 2.24) is 15.5 Å². The summed E-state index contributed by atoms with van der Waals surface area (Å²) in [7, 11) is -4.16. The van der Waals surface area contributed by atoms with Crippen LogP contribution in [-0.2, 0) is 19.6 Å². The van der Waals surface area contributed by atoms with E-state index >= 15 is 0 Å². The van der Waals surface area contributed by atoms with Crippen LogP contribution in [0.2, 0.25) is 0 Å². The first kappa shape index (κ1) is 22.0. The number of amides is 2. The average Bonchev–Trinajstić information content (AvgIpc) is 2.54. The van der Waals surface area contributed by atoms with Crippen LogP contribution in [0.25, 0.3) is 0 Å². The molecule has 0 spiro atoms. The third kappa shape index (κ3) is 6.02. The van der Waals surface area contributed by atoms with Crippen molar-refractivity contribution in [1.29, 1.82) is 0 Å². The van der Waals surface area contributed by atoms with E-state index in [1.54, 1.807) is 0 Å². The van der Waals surface area contributed by atoms with Crippen molar-refractivity contribution in [3.8, 4) is 0 Å². The fourth-order valence-corrected chi connectivity index (χ4v) is 3.23. The molecule has 0 saturated carbocycles. The molecule has 0 aliphatic carbocycles. The van der Waals surface area contributed by atoms with Crippen molar-refractivity contribution in [2.24, 2.45) is 5.73 Å². The molecule has 0 aliphatic rings. The molecule has 1 aromatic carbocycles. The van der Waals surface area contributed by atoms with Crippen LogP contribution in [0.3, 0.4) is 0 Å². The maximum atomic E-state index is 13.3. The molecule has 0 bridgehead atoms. The van der Waals surface area contributed by atoms with Gasteiger partial charge in [-0.15, -0.1) is 0 Å². The van der Waals surface area contributed by atoms with Crippen molar-refractivity contribution in [3.63, 3.8) is 0 Å². The molecule has 0 heterocycles. The van der Waals surface area contributed by atoms with Crippen molar-refractivity contribution in [2.45, 2.75) is 43.7 Å². The van der Waals surface area contributed by atoms with E-state index in [9.17, 15) is 22.4 Å². The Balaban J connectivity index is 2.88. The van der Waals surface area contributed by atoms with Crippen LogP contribution < -0.4 is 21.3 Å². The first-order valence-corrected chi connectivity index (χ1v) is 9.16. The molecule has 0 unspecified atom stereocenters. The smallest absolute Gasteiger partial charge is 0.261 e. The first-order chi connectivity index (χ1) is 11.9. The Hall–Kier alpha value is -2.08. The molecule has 1 rings (SSSR count). The molecule has 26 heavy (non-hydrogen) atoms. The molecule has 1 atom stereocenters. The molecule has 0 aliphatic heterocycles. The Morgan fingerprint density at radius 1 is 1.35 bits per heavy atom. The molecule has 0 fully saturated rings. The second-order valence-electron chi connectivity index (χ2n) is 6.33. The Kier molecular flexibility index (Phi) is 7.21. The zero-order valence-corrected chi connectivity index (χ0v) is 15.5. The van der Waals surface area contributed by atoms with Crippen LogP contribution in [0.4, 0.5) is 4.39 Å². The minimum atomic E-state index is -4.16. The SMILES string of the molecule is Cc1cc(S(=O)(=O)N[C@H](CCNC(=O)C(C)(C)N)C(=O)NO)ccc1F. The van der Waals surface area contributed by atoms with Crippen molar-refractivity contribution in [2.75, 3.05) is 6.54 Å². The van der Waals surface area contributed by atoms with Gasteiger partial charge in [-0.3, -0.25) is 14.8 Å². The lowest BCUT2D eigenvalue weighted by Crippen LogP contribution is -2.51. The topological polar surface area (TPSA) is 151 Å². The van der Waals surface area contributed by atoms with E-state index in [1.165, 1.54) is 26.3 Å². The van der Waals surface area contributed by atoms with Crippen molar-refractivity contribution < 1.29 is 27.6 Å². The molecule has 2 amide bonds. The highest BCUT2D eigenvalue weighted by Crippen LogP contribution is 2.15. The van der Waals surface area contributed by atoms with Gasteiger partial charge in [0.25, 0.3) is 5.91 Å². The Morgan fingerprint density at radius 3 is 2.46 bits per heavy atom. The van der Waals surface area contributed by atoms with Crippen molar-refractivity contribution >= 4 is 21.8 Å². The average molecular weight is 390 g/mol. The predicted octanol–water partition coefficient (Wildman–Crippen LogP) is -0.470. The van der Waals surface area contributed by atoms with Gasteiger partial charge in [-0.1, -0.05) is 0 Å². The molecule has 1 aromatic rings. The second kappa shape index (κ2) is 8.54. The van der Waals surface area contributed by atoms with E-state index in [-0.39, 0.29) is 23.4 Å². The maximum absolute atomic E-state index is 13.3. The fraction of sp³-hybridized carbons (Fsp3) is 0.467. The lowest BCUT2D eigenvalue weighted by Gasteiger charge is -2.20. The number of carbonyl (C=O) groups excluding carboxylic acids is 2. The highest BCUT2D eigenvalue weighted by molar-refractivity contribution is 7.89. The fourth-order valence-electron chi connectivity index (χ4n) is 1.92. The number of halogens is 1. The number of nitrogens with two attached hydrogens (primary N) is 1. The van der Waals surface area contributed by atoms with Crippen molar-refractivity contribution in [3.05, 3.63) is 29.6 Å². The van der Waals surface area contributed by atoms with Crippen LogP contribution >= 0.6 is 0 Å². The summed E-state index contributed by atoms with van der Waals surface area (Å²) in [4.78, 5) is 23.2. The Morgan fingerprint density at radius 2 is 1.96 bits per heavy atom. The van der Waals surface area contributed by atoms with Gasteiger partial charge in [0, 0.05) is 6.54 Å². The molecule has 0 saturated heterocycles. The predicted molar refractivity (Wildman–Crippen MR) is 91.1 cm³/mol. The zero-order valence-electron chi connectivity index (χ0n) is 14.7. The summed E-state index contributed by atoms with van der Waals surface area (Å²) in [5.74, 6) is -2.06. The molecule has 9 nitrogen and oxygen atoms in total. The molecule has 0 aromatic heterocycles. The number of hydrogen-bond donors (Lipinski definition) is 5. The van der Waals surface area contributed by atoms with Crippen LogP contribution in [0.1, 0.15) is 25.8 Å². The number of aryl methyl sites for hydroxylation is 1. The molecule has 0 radical (unpaired) electrons. The van der Waals surface area contributed by atoms with Gasteiger partial charge in [0.1, 0.15) is 11.9 Å². The Bertz CT molecular complexity index is 777. The minimum Gasteiger partial charge on any atom is -0.354 e. The van der Waals surface area contributed by atoms with Gasteiger partial charge in [0.05, 0.1) is 10.4 Å². The molecular weight excluding hydrogens is 367 g/mol. The summed E-state index contributed by atoms with van der Waals surface area (Å²) in [6.45, 7) is 4.30. The summed E-state index contributed by atoms with van der Waals surface area (Å²) in [5, 5.41) is 11.3. The molecular formula is C15H23FN4O5S. The number of hydroxylamine groups is 1. The summed E-state index contributed by atoms with van der Waals surface area (Å²) in [5.41, 5.74) is 5.96. The molecule has 146 valence electrons. The Labute approximate surface area is 151 Å². The van der Waals surface area contributed by atoms with E-state index in [4.69, 9.17) is 10.9 Å². The number of rotatable bonds is 8. The summed E-state index contributed by atoms with van der Waals surface area (Å²) >= 11 is 0. The molecule has 11 heteroatoms. The van der Waals surface area contributed by atoms with Gasteiger partial charge in [-0.2, -0.15) is 4.72 Å². The van der Waals surface area contributed by atoms with E-state index in [2.05, 4.69) is 10.0 Å². The van der Waals surface area contributed by atoms with E-state index in [0.717, 1.165) is 18.2 Å². The van der Waals surface area contributed by atoms with E-state index < -0.39 is 39.2 Å². The van der Waals surface area contributed by atoms with Gasteiger partial charge < -0.3 is 11.1 Å². The van der Waals surface area contributed by atoms with E-state index in [1.807, 2.05) is 0 Å². The minimum absolute atomic E-state index is 0.0669. The lowest BCUT2D eigenvalue weighted by atomic mass is 10.1. The van der Waals surface area contributed by atoms with Crippen LogP contribution in [0.5, 0.6) is 0 Å². The number of sulfonamides is 1. The van der Waals surface area contributed by atoms with Gasteiger partial charge in [0.2, 0.25) is 15.9 Å². The van der Waals surface area contributed by atoms with Gasteiger partial charge in [0.15, 0.2) is 0 Å². The maximum Gasteiger partial charge on any atom is 0.261 e. The normalized spacial score (nSPS) is 13.2. The lowest BCUT2D eigenvalue weighted by molar-refractivity contribution is -0.131. The number of benzene rings is 1. The number of nitrogens with one attached hydrogen (secondary N) is 3. The van der Waals surface area contributed by atoms with E-state index in [0.29, 0.717) is 0 Å². The first-order valence-electron chi connectivity index (χ1n) is 7.68. The van der Waals surface area contributed by atoms with Gasteiger partial charge >= 0.3 is 0 Å². The van der Waals surface area contributed by atoms with Gasteiger partial charge in [-0.25, -0.2) is 18.3 Å². The van der Waals surface area contributed by atoms with Crippen LogP contribution in [0, 0.1) is 12.7 Å². The van der Waals surface area contributed by atoms with Crippen LogP contribution in [0.15, 0.2) is 23.1 Å². The quantitative estimate of drug-likeness (QED) is 0.299. The monoisotopic (exact) mass is 390 g/mol. The van der Waals surface area contributed by atoms with Gasteiger partial charge in [-0.05, 0) is 51.0 Å². The standard InChI is InChI=1S/C15H23FN4O5S/c1-9-8-10(4-5-11(9)16)26(24,25)20-12(13(21)19-23)6-7-18-14(22)15(2,3)17/h4-5,8,12,20,23H,6-7,17H2,1-3H3,(H,18,22)(H,19,21)/t12-/m1/s1. The summed E-state index contributed by atoms with van der Waals surface area (Å²) < 4.78 is 40.2. The third-order valence-electron chi connectivity index (χ3n) is 3.47. The highest BCUT2D eigenvalue weighted by Gasteiger charge is 2.27. The second-order valence-corrected chi connectivity index (χ2v) is 8.04. The van der Waals surface area contributed by atoms with Crippen LogP contribution in [-0.4, -0.2) is 43.6 Å². The summed E-state index contributed by atoms with van der Waals surface area (Å²) in [6, 6.07) is 1.80. The number of hydrogen-bond acceptors (Lipinski definition) is 6. The summed E-state index contributed by atoms with van der Waals surface area (Å²) in [6.07, 6.45) is -0.145.